The average molecular weight is 288 g/mol. The number of hydrogen-bond acceptors (Lipinski definition) is 4. The summed E-state index contributed by atoms with van der Waals surface area (Å²) >= 11 is 0. The Hall–Kier alpha value is -1.08. The molecule has 2 N–H and O–H groups in total. The van der Waals surface area contributed by atoms with Crippen LogP contribution in [-0.4, -0.2) is 52.0 Å². The zero-order chi connectivity index (χ0) is 15.0. The van der Waals surface area contributed by atoms with E-state index in [1.165, 1.54) is 6.07 Å². The van der Waals surface area contributed by atoms with Crippen molar-refractivity contribution in [3.8, 4) is 0 Å². The number of benzene rings is 1. The van der Waals surface area contributed by atoms with Gasteiger partial charge in [-0.15, -0.1) is 0 Å². The second kappa shape index (κ2) is 8.97. The molecule has 0 aliphatic rings. The third-order valence-corrected chi connectivity index (χ3v) is 3.17. The SMILES string of the molecule is COCCN(CCOC)C(CN)c1cccc(F)c1F. The molecule has 20 heavy (non-hydrogen) atoms. The first-order valence-electron chi connectivity index (χ1n) is 6.51. The van der Waals surface area contributed by atoms with Crippen LogP contribution in [0.15, 0.2) is 18.2 Å². The Balaban J connectivity index is 2.95. The van der Waals surface area contributed by atoms with E-state index in [4.69, 9.17) is 15.2 Å². The predicted octanol–water partition coefficient (Wildman–Crippen LogP) is 1.56. The number of methoxy groups -OCH3 is 2. The monoisotopic (exact) mass is 288 g/mol. The van der Waals surface area contributed by atoms with Gasteiger partial charge in [0.1, 0.15) is 0 Å². The van der Waals surface area contributed by atoms with E-state index in [2.05, 4.69) is 0 Å². The summed E-state index contributed by atoms with van der Waals surface area (Å²) in [5, 5.41) is 0. The molecule has 0 saturated carbocycles. The number of ether oxygens (including phenoxy) is 2. The molecule has 1 unspecified atom stereocenters. The molecule has 0 radical (unpaired) electrons. The molecule has 1 aromatic carbocycles. The highest BCUT2D eigenvalue weighted by molar-refractivity contribution is 5.23. The van der Waals surface area contributed by atoms with E-state index in [9.17, 15) is 8.78 Å². The minimum absolute atomic E-state index is 0.188. The quantitative estimate of drug-likeness (QED) is 0.749. The van der Waals surface area contributed by atoms with E-state index in [1.807, 2.05) is 4.90 Å². The summed E-state index contributed by atoms with van der Waals surface area (Å²) in [5.74, 6) is -1.71. The molecular weight excluding hydrogens is 266 g/mol. The topological polar surface area (TPSA) is 47.7 Å². The molecule has 0 heterocycles. The minimum Gasteiger partial charge on any atom is -0.383 e. The van der Waals surface area contributed by atoms with Crippen molar-refractivity contribution < 1.29 is 18.3 Å². The Labute approximate surface area is 118 Å². The molecule has 0 aliphatic carbocycles. The van der Waals surface area contributed by atoms with Gasteiger partial charge in [0.2, 0.25) is 0 Å². The van der Waals surface area contributed by atoms with Crippen molar-refractivity contribution in [1.82, 2.24) is 4.90 Å². The summed E-state index contributed by atoms with van der Waals surface area (Å²) in [6.45, 7) is 2.29. The van der Waals surface area contributed by atoms with Gasteiger partial charge in [0.05, 0.1) is 19.3 Å². The summed E-state index contributed by atoms with van der Waals surface area (Å²) in [5.41, 5.74) is 6.02. The number of halogens is 2. The van der Waals surface area contributed by atoms with E-state index >= 15 is 0 Å². The first kappa shape index (κ1) is 17.0. The number of hydrogen-bond donors (Lipinski definition) is 1. The third-order valence-electron chi connectivity index (χ3n) is 3.17. The highest BCUT2D eigenvalue weighted by Crippen LogP contribution is 2.23. The van der Waals surface area contributed by atoms with Gasteiger partial charge in [0.25, 0.3) is 0 Å². The third kappa shape index (κ3) is 4.49. The van der Waals surface area contributed by atoms with Crippen molar-refractivity contribution in [2.24, 2.45) is 5.73 Å². The summed E-state index contributed by atoms with van der Waals surface area (Å²) in [6.07, 6.45) is 0. The molecule has 0 spiro atoms. The highest BCUT2D eigenvalue weighted by Gasteiger charge is 2.23. The van der Waals surface area contributed by atoms with Gasteiger partial charge < -0.3 is 15.2 Å². The summed E-state index contributed by atoms with van der Waals surface area (Å²) < 4.78 is 37.4. The second-order valence-electron chi connectivity index (χ2n) is 4.42. The molecule has 1 rings (SSSR count). The Morgan fingerprint density at radius 1 is 1.15 bits per heavy atom. The molecule has 0 fully saturated rings. The van der Waals surface area contributed by atoms with Crippen molar-refractivity contribution >= 4 is 0 Å². The standard InChI is InChI=1S/C14H22F2N2O2/c1-19-8-6-18(7-9-20-2)13(10-17)11-4-3-5-12(15)14(11)16/h3-5,13H,6-10,17H2,1-2H3. The van der Waals surface area contributed by atoms with Crippen LogP contribution in [0.2, 0.25) is 0 Å². The zero-order valence-electron chi connectivity index (χ0n) is 11.9. The van der Waals surface area contributed by atoms with Crippen molar-refractivity contribution in [2.45, 2.75) is 6.04 Å². The number of nitrogens with zero attached hydrogens (tertiary/aromatic N) is 1. The molecule has 0 bridgehead atoms. The van der Waals surface area contributed by atoms with Crippen LogP contribution in [0.1, 0.15) is 11.6 Å². The summed E-state index contributed by atoms with van der Waals surface area (Å²) in [4.78, 5) is 1.94. The Morgan fingerprint density at radius 2 is 1.75 bits per heavy atom. The van der Waals surface area contributed by atoms with Gasteiger partial charge in [-0.1, -0.05) is 12.1 Å². The summed E-state index contributed by atoms with van der Waals surface area (Å²) in [6, 6.07) is 3.74. The molecule has 0 saturated heterocycles. The number of nitrogens with two attached hydrogens (primary N) is 1. The van der Waals surface area contributed by atoms with Gasteiger partial charge in [-0.2, -0.15) is 0 Å². The Bertz CT molecular complexity index is 397. The average Bonchev–Trinajstić information content (AvgIpc) is 2.46. The van der Waals surface area contributed by atoms with E-state index in [1.54, 1.807) is 20.3 Å². The molecule has 4 nitrogen and oxygen atoms in total. The smallest absolute Gasteiger partial charge is 0.163 e. The van der Waals surface area contributed by atoms with Crippen molar-refractivity contribution in [3.63, 3.8) is 0 Å². The zero-order valence-corrected chi connectivity index (χ0v) is 11.9. The first-order valence-corrected chi connectivity index (χ1v) is 6.51. The van der Waals surface area contributed by atoms with Crippen LogP contribution in [0.3, 0.4) is 0 Å². The van der Waals surface area contributed by atoms with Gasteiger partial charge in [-0.3, -0.25) is 4.90 Å². The normalized spacial score (nSPS) is 12.9. The van der Waals surface area contributed by atoms with E-state index < -0.39 is 17.7 Å². The van der Waals surface area contributed by atoms with Crippen LogP contribution in [0.4, 0.5) is 8.78 Å². The van der Waals surface area contributed by atoms with Crippen molar-refractivity contribution in [3.05, 3.63) is 35.4 Å². The van der Waals surface area contributed by atoms with Gasteiger partial charge >= 0.3 is 0 Å². The molecule has 1 atom stereocenters. The van der Waals surface area contributed by atoms with Crippen molar-refractivity contribution in [1.29, 1.82) is 0 Å². The van der Waals surface area contributed by atoms with E-state index in [0.29, 0.717) is 26.3 Å². The fourth-order valence-corrected chi connectivity index (χ4v) is 2.09. The second-order valence-corrected chi connectivity index (χ2v) is 4.42. The predicted molar refractivity (Wildman–Crippen MR) is 73.5 cm³/mol. The summed E-state index contributed by atoms with van der Waals surface area (Å²) in [7, 11) is 3.18. The molecular formula is C14H22F2N2O2. The van der Waals surface area contributed by atoms with Crippen LogP contribution in [-0.2, 0) is 9.47 Å². The molecule has 0 aromatic heterocycles. The fraction of sp³-hybridized carbons (Fsp3) is 0.571. The van der Waals surface area contributed by atoms with Crippen LogP contribution in [0.5, 0.6) is 0 Å². The molecule has 0 aliphatic heterocycles. The maximum atomic E-state index is 13.9. The van der Waals surface area contributed by atoms with Crippen molar-refractivity contribution in [2.75, 3.05) is 47.1 Å². The lowest BCUT2D eigenvalue weighted by molar-refractivity contribution is 0.0878. The molecule has 6 heteroatoms. The van der Waals surface area contributed by atoms with Crippen LogP contribution < -0.4 is 5.73 Å². The van der Waals surface area contributed by atoms with Gasteiger partial charge in [0.15, 0.2) is 11.6 Å². The lowest BCUT2D eigenvalue weighted by atomic mass is 10.0. The van der Waals surface area contributed by atoms with E-state index in [0.717, 1.165) is 6.07 Å². The van der Waals surface area contributed by atoms with Crippen LogP contribution >= 0.6 is 0 Å². The lowest BCUT2D eigenvalue weighted by Gasteiger charge is -2.31. The Morgan fingerprint density at radius 3 is 2.25 bits per heavy atom. The molecule has 1 aromatic rings. The first-order chi connectivity index (χ1) is 9.65. The molecule has 0 amide bonds. The number of rotatable bonds is 9. The van der Waals surface area contributed by atoms with Crippen LogP contribution in [0.25, 0.3) is 0 Å². The maximum absolute atomic E-state index is 13.9. The largest absolute Gasteiger partial charge is 0.383 e. The molecule has 114 valence electrons. The fourth-order valence-electron chi connectivity index (χ4n) is 2.09. The van der Waals surface area contributed by atoms with E-state index in [-0.39, 0.29) is 12.1 Å². The van der Waals surface area contributed by atoms with Gasteiger partial charge in [0, 0.05) is 39.4 Å². The van der Waals surface area contributed by atoms with Crippen LogP contribution in [0, 0.1) is 11.6 Å². The minimum atomic E-state index is -0.862. The maximum Gasteiger partial charge on any atom is 0.163 e. The Kier molecular flexibility index (Phi) is 7.61. The van der Waals surface area contributed by atoms with Gasteiger partial charge in [-0.25, -0.2) is 8.78 Å². The lowest BCUT2D eigenvalue weighted by Crippen LogP contribution is -2.38. The van der Waals surface area contributed by atoms with Gasteiger partial charge in [-0.05, 0) is 6.07 Å². The highest BCUT2D eigenvalue weighted by atomic mass is 19.2.